The maximum absolute atomic E-state index is 7.08. The van der Waals surface area contributed by atoms with Gasteiger partial charge in [0.25, 0.3) is 0 Å². The fourth-order valence-corrected chi connectivity index (χ4v) is 1.73. The van der Waals surface area contributed by atoms with Crippen LogP contribution in [0.15, 0.2) is 36.4 Å². The first-order chi connectivity index (χ1) is 9.13. The third kappa shape index (κ3) is 2.73. The summed E-state index contributed by atoms with van der Waals surface area (Å²) < 4.78 is 5.71. The second kappa shape index (κ2) is 5.25. The van der Waals surface area contributed by atoms with Crippen LogP contribution in [0.25, 0.3) is 9.69 Å². The highest BCUT2D eigenvalue weighted by Gasteiger charge is 2.04. The fourth-order valence-electron chi connectivity index (χ4n) is 1.73. The Hall–Kier alpha value is -2.78. The molecule has 0 bridgehead atoms. The molecule has 0 atom stereocenters. The highest BCUT2D eigenvalue weighted by Crippen LogP contribution is 2.30. The van der Waals surface area contributed by atoms with Gasteiger partial charge in [-0.25, -0.2) is 9.69 Å². The summed E-state index contributed by atoms with van der Waals surface area (Å²) in [6, 6.07) is 10.7. The van der Waals surface area contributed by atoms with Gasteiger partial charge in [-0.2, -0.15) is 0 Å². The van der Waals surface area contributed by atoms with Crippen molar-refractivity contribution in [2.45, 2.75) is 13.8 Å². The Morgan fingerprint density at radius 2 is 1.42 bits per heavy atom. The van der Waals surface area contributed by atoms with E-state index < -0.39 is 0 Å². The van der Waals surface area contributed by atoms with E-state index in [1.807, 2.05) is 32.0 Å². The molecule has 0 fully saturated rings. The molecule has 3 heteroatoms. The number of ether oxygens (including phenoxy) is 1. The number of nitrogens with zero attached hydrogens (tertiary/aromatic N) is 2. The van der Waals surface area contributed by atoms with Crippen molar-refractivity contribution in [1.82, 2.24) is 0 Å². The lowest BCUT2D eigenvalue weighted by Crippen LogP contribution is -1.85. The SMILES string of the molecule is [C-]#[N+]c1ccc(Oc2ccc(C)c([N+]#[C-])c2)cc1C. The summed E-state index contributed by atoms with van der Waals surface area (Å²) in [5, 5.41) is 0. The predicted octanol–water partition coefficient (Wildman–Crippen LogP) is 5.20. The minimum atomic E-state index is 0.590. The zero-order valence-electron chi connectivity index (χ0n) is 10.8. The standard InChI is InChI=1S/C16H12N2O/c1-11-5-6-14(10-16(11)18-4)19-13-7-8-15(17-3)12(2)9-13/h5-10H,1-2H3. The average molecular weight is 248 g/mol. The largest absolute Gasteiger partial charge is 0.459 e. The molecule has 0 radical (unpaired) electrons. The number of benzene rings is 2. The van der Waals surface area contributed by atoms with Crippen LogP contribution >= 0.6 is 0 Å². The summed E-state index contributed by atoms with van der Waals surface area (Å²) >= 11 is 0. The zero-order valence-corrected chi connectivity index (χ0v) is 10.8. The van der Waals surface area contributed by atoms with Crippen LogP contribution in [0.3, 0.4) is 0 Å². The molecule has 0 aliphatic carbocycles. The lowest BCUT2D eigenvalue weighted by molar-refractivity contribution is 0.482. The predicted molar refractivity (Wildman–Crippen MR) is 75.0 cm³/mol. The lowest BCUT2D eigenvalue weighted by Gasteiger charge is -2.08. The molecule has 2 rings (SSSR count). The van der Waals surface area contributed by atoms with Crippen LogP contribution in [0.1, 0.15) is 11.1 Å². The van der Waals surface area contributed by atoms with E-state index in [0.29, 0.717) is 22.9 Å². The first-order valence-corrected chi connectivity index (χ1v) is 5.78. The summed E-state index contributed by atoms with van der Waals surface area (Å²) in [6.45, 7) is 17.9. The van der Waals surface area contributed by atoms with Gasteiger partial charge in [-0.05, 0) is 49.2 Å². The minimum absolute atomic E-state index is 0.590. The Kier molecular flexibility index (Phi) is 3.50. The van der Waals surface area contributed by atoms with Crippen LogP contribution < -0.4 is 4.74 Å². The number of hydrogen-bond donors (Lipinski definition) is 0. The normalized spacial score (nSPS) is 9.47. The van der Waals surface area contributed by atoms with Crippen molar-refractivity contribution >= 4 is 11.4 Å². The van der Waals surface area contributed by atoms with Gasteiger partial charge in [0.2, 0.25) is 0 Å². The van der Waals surface area contributed by atoms with E-state index in [4.69, 9.17) is 17.9 Å². The van der Waals surface area contributed by atoms with Gasteiger partial charge in [0.05, 0.1) is 13.1 Å². The summed E-state index contributed by atoms with van der Waals surface area (Å²) in [7, 11) is 0. The van der Waals surface area contributed by atoms with Gasteiger partial charge in [0.1, 0.15) is 11.5 Å². The second-order valence-electron chi connectivity index (χ2n) is 4.22. The maximum atomic E-state index is 7.08. The Morgan fingerprint density at radius 3 is 2.05 bits per heavy atom. The van der Waals surface area contributed by atoms with Gasteiger partial charge in [-0.3, -0.25) is 0 Å². The van der Waals surface area contributed by atoms with E-state index in [1.165, 1.54) is 0 Å². The maximum Gasteiger partial charge on any atom is 0.193 e. The van der Waals surface area contributed by atoms with Crippen LogP contribution in [0.4, 0.5) is 11.4 Å². The molecule has 0 aliphatic rings. The molecule has 0 spiro atoms. The van der Waals surface area contributed by atoms with Crippen molar-refractivity contribution in [1.29, 1.82) is 0 Å². The molecule has 0 aromatic heterocycles. The zero-order chi connectivity index (χ0) is 13.8. The van der Waals surface area contributed by atoms with Crippen molar-refractivity contribution < 1.29 is 4.74 Å². The summed E-state index contributed by atoms with van der Waals surface area (Å²) in [5.41, 5.74) is 3.03. The number of hydrogen-bond acceptors (Lipinski definition) is 1. The monoisotopic (exact) mass is 248 g/mol. The van der Waals surface area contributed by atoms with Gasteiger partial charge in [-0.15, -0.1) is 0 Å². The van der Waals surface area contributed by atoms with Gasteiger partial charge >= 0.3 is 0 Å². The summed E-state index contributed by atoms with van der Waals surface area (Å²) in [4.78, 5) is 6.86. The molecule has 0 aliphatic heterocycles. The topological polar surface area (TPSA) is 17.9 Å². The van der Waals surface area contributed by atoms with Crippen LogP contribution in [0.2, 0.25) is 0 Å². The van der Waals surface area contributed by atoms with Gasteiger partial charge in [-0.1, -0.05) is 12.1 Å². The van der Waals surface area contributed by atoms with Crippen LogP contribution in [0.5, 0.6) is 11.5 Å². The van der Waals surface area contributed by atoms with Crippen molar-refractivity contribution in [2.24, 2.45) is 0 Å². The second-order valence-corrected chi connectivity index (χ2v) is 4.22. The van der Waals surface area contributed by atoms with E-state index in [1.54, 1.807) is 18.2 Å². The highest BCUT2D eigenvalue weighted by molar-refractivity contribution is 5.57. The van der Waals surface area contributed by atoms with E-state index in [0.717, 1.165) is 11.1 Å². The summed E-state index contributed by atoms with van der Waals surface area (Å²) in [6.07, 6.45) is 0. The average Bonchev–Trinajstić information content (AvgIpc) is 2.41. The quantitative estimate of drug-likeness (QED) is 0.668. The Bertz CT molecular complexity index is 706. The molecule has 0 saturated heterocycles. The van der Waals surface area contributed by atoms with E-state index in [-0.39, 0.29) is 0 Å². The lowest BCUT2D eigenvalue weighted by atomic mass is 10.2. The molecule has 0 saturated carbocycles. The Balaban J connectivity index is 2.30. The molecule has 0 N–H and O–H groups in total. The third-order valence-corrected chi connectivity index (χ3v) is 2.83. The van der Waals surface area contributed by atoms with E-state index >= 15 is 0 Å². The molecule has 92 valence electrons. The Morgan fingerprint density at radius 1 is 0.789 bits per heavy atom. The highest BCUT2D eigenvalue weighted by atomic mass is 16.5. The molecular formula is C16H12N2O. The minimum Gasteiger partial charge on any atom is -0.459 e. The van der Waals surface area contributed by atoms with Crippen molar-refractivity contribution in [3.63, 3.8) is 0 Å². The summed E-state index contributed by atoms with van der Waals surface area (Å²) in [5.74, 6) is 1.30. The smallest absolute Gasteiger partial charge is 0.193 e. The van der Waals surface area contributed by atoms with Crippen molar-refractivity contribution in [2.75, 3.05) is 0 Å². The van der Waals surface area contributed by atoms with Crippen molar-refractivity contribution in [3.05, 3.63) is 70.4 Å². The first kappa shape index (κ1) is 12.7. The van der Waals surface area contributed by atoms with Gasteiger partial charge < -0.3 is 4.74 Å². The van der Waals surface area contributed by atoms with E-state index in [9.17, 15) is 0 Å². The number of aryl methyl sites for hydroxylation is 2. The third-order valence-electron chi connectivity index (χ3n) is 2.83. The van der Waals surface area contributed by atoms with Crippen LogP contribution in [-0.4, -0.2) is 0 Å². The first-order valence-electron chi connectivity index (χ1n) is 5.78. The van der Waals surface area contributed by atoms with Crippen LogP contribution in [-0.2, 0) is 0 Å². The van der Waals surface area contributed by atoms with Crippen LogP contribution in [0, 0.1) is 27.0 Å². The fraction of sp³-hybridized carbons (Fsp3) is 0.125. The van der Waals surface area contributed by atoms with Gasteiger partial charge in [0, 0.05) is 0 Å². The van der Waals surface area contributed by atoms with E-state index in [2.05, 4.69) is 9.69 Å². The molecule has 0 heterocycles. The molecule has 3 nitrogen and oxygen atoms in total. The van der Waals surface area contributed by atoms with Crippen molar-refractivity contribution in [3.8, 4) is 11.5 Å². The molecule has 0 unspecified atom stereocenters. The molecule has 2 aromatic rings. The molecule has 2 aromatic carbocycles. The van der Waals surface area contributed by atoms with Gasteiger partial charge in [0.15, 0.2) is 11.4 Å². The molecule has 0 amide bonds. The number of rotatable bonds is 2. The Labute approximate surface area is 112 Å². The molecular weight excluding hydrogens is 236 g/mol. The molecule has 19 heavy (non-hydrogen) atoms.